The van der Waals surface area contributed by atoms with Gasteiger partial charge in [-0.05, 0) is 30.7 Å². The second kappa shape index (κ2) is 8.10. The first kappa shape index (κ1) is 17.5. The number of carbonyl (C=O) groups is 2. The zero-order chi connectivity index (χ0) is 17.5. The number of benzene rings is 1. The third-order valence-corrected chi connectivity index (χ3v) is 3.41. The predicted octanol–water partition coefficient (Wildman–Crippen LogP) is 2.54. The molecule has 126 valence electrons. The summed E-state index contributed by atoms with van der Waals surface area (Å²) in [5.41, 5.74) is 1.57. The number of rotatable bonds is 6. The summed E-state index contributed by atoms with van der Waals surface area (Å²) in [5, 5.41) is 0. The fourth-order valence-corrected chi connectivity index (χ4v) is 2.21. The van der Waals surface area contributed by atoms with Crippen molar-refractivity contribution in [2.75, 3.05) is 20.8 Å². The molecule has 0 N–H and O–H groups in total. The third kappa shape index (κ3) is 4.32. The second-order valence-corrected chi connectivity index (χ2v) is 5.19. The zero-order valence-corrected chi connectivity index (χ0v) is 14.0. The van der Waals surface area contributed by atoms with Gasteiger partial charge in [0.25, 0.3) is 5.91 Å². The first-order valence-electron chi connectivity index (χ1n) is 7.55. The summed E-state index contributed by atoms with van der Waals surface area (Å²) in [6.07, 6.45) is 2.80. The number of esters is 1. The third-order valence-electron chi connectivity index (χ3n) is 3.41. The maximum Gasteiger partial charge on any atom is 0.339 e. The molecule has 1 amide bonds. The number of ether oxygens (including phenoxy) is 2. The molecule has 2 aromatic rings. The van der Waals surface area contributed by atoms with E-state index in [4.69, 9.17) is 4.74 Å². The van der Waals surface area contributed by atoms with Gasteiger partial charge in [-0.3, -0.25) is 9.78 Å². The summed E-state index contributed by atoms with van der Waals surface area (Å²) < 4.78 is 10.0. The van der Waals surface area contributed by atoms with E-state index in [0.717, 1.165) is 11.3 Å². The molecule has 0 saturated carbocycles. The number of pyridine rings is 1. The molecule has 1 heterocycles. The smallest absolute Gasteiger partial charge is 0.339 e. The Morgan fingerprint density at radius 1 is 1.12 bits per heavy atom. The van der Waals surface area contributed by atoms with E-state index in [1.807, 2.05) is 31.2 Å². The minimum Gasteiger partial charge on any atom is -0.494 e. The van der Waals surface area contributed by atoms with Crippen LogP contribution < -0.4 is 4.74 Å². The van der Waals surface area contributed by atoms with Crippen LogP contribution in [0.3, 0.4) is 0 Å². The van der Waals surface area contributed by atoms with Crippen molar-refractivity contribution in [3.8, 4) is 5.75 Å². The van der Waals surface area contributed by atoms with Crippen molar-refractivity contribution in [1.82, 2.24) is 9.88 Å². The monoisotopic (exact) mass is 328 g/mol. The van der Waals surface area contributed by atoms with Crippen molar-refractivity contribution in [1.29, 1.82) is 0 Å². The average Bonchev–Trinajstić information content (AvgIpc) is 2.62. The van der Waals surface area contributed by atoms with Crippen LogP contribution >= 0.6 is 0 Å². The molecule has 0 fully saturated rings. The highest BCUT2D eigenvalue weighted by Gasteiger charge is 2.15. The quantitative estimate of drug-likeness (QED) is 0.762. The van der Waals surface area contributed by atoms with E-state index in [9.17, 15) is 9.59 Å². The zero-order valence-electron chi connectivity index (χ0n) is 14.0. The number of carbonyl (C=O) groups excluding carboxylic acids is 2. The number of methoxy groups -OCH3 is 1. The summed E-state index contributed by atoms with van der Waals surface area (Å²) in [7, 11) is 2.98. The minimum atomic E-state index is -0.522. The summed E-state index contributed by atoms with van der Waals surface area (Å²) >= 11 is 0. The van der Waals surface area contributed by atoms with Gasteiger partial charge in [0.05, 0.1) is 24.8 Å². The highest BCUT2D eigenvalue weighted by atomic mass is 16.5. The van der Waals surface area contributed by atoms with Crippen molar-refractivity contribution in [3.63, 3.8) is 0 Å². The van der Waals surface area contributed by atoms with E-state index in [1.54, 1.807) is 11.9 Å². The Bertz CT molecular complexity index is 713. The van der Waals surface area contributed by atoms with Crippen LogP contribution in [-0.2, 0) is 11.3 Å². The SMILES string of the molecule is CCOc1ccc(CN(C)C(=O)c2cncc(C(=O)OC)c2)cc1. The van der Waals surface area contributed by atoms with Gasteiger partial charge in [0.15, 0.2) is 0 Å². The van der Waals surface area contributed by atoms with E-state index < -0.39 is 5.97 Å². The molecule has 0 atom stereocenters. The van der Waals surface area contributed by atoms with Gasteiger partial charge in [0.2, 0.25) is 0 Å². The fraction of sp³-hybridized carbons (Fsp3) is 0.278. The summed E-state index contributed by atoms with van der Waals surface area (Å²) in [6, 6.07) is 9.05. The van der Waals surface area contributed by atoms with Crippen LogP contribution in [0.4, 0.5) is 0 Å². The van der Waals surface area contributed by atoms with Crippen LogP contribution in [0.25, 0.3) is 0 Å². The molecule has 0 aliphatic carbocycles. The largest absolute Gasteiger partial charge is 0.494 e. The maximum atomic E-state index is 12.5. The number of hydrogen-bond acceptors (Lipinski definition) is 5. The highest BCUT2D eigenvalue weighted by Crippen LogP contribution is 2.14. The number of aromatic nitrogens is 1. The molecule has 0 saturated heterocycles. The van der Waals surface area contributed by atoms with Crippen molar-refractivity contribution in [3.05, 3.63) is 59.4 Å². The maximum absolute atomic E-state index is 12.5. The van der Waals surface area contributed by atoms with Gasteiger partial charge < -0.3 is 14.4 Å². The molecule has 0 spiro atoms. The summed E-state index contributed by atoms with van der Waals surface area (Å²) in [4.78, 5) is 29.5. The Morgan fingerprint density at radius 3 is 2.42 bits per heavy atom. The van der Waals surface area contributed by atoms with Gasteiger partial charge in [-0.25, -0.2) is 4.79 Å². The number of amides is 1. The van der Waals surface area contributed by atoms with Gasteiger partial charge in [0.1, 0.15) is 5.75 Å². The van der Waals surface area contributed by atoms with Crippen LogP contribution in [0.5, 0.6) is 5.75 Å². The molecule has 1 aromatic heterocycles. The van der Waals surface area contributed by atoms with Crippen molar-refractivity contribution >= 4 is 11.9 Å². The summed E-state index contributed by atoms with van der Waals surface area (Å²) in [5.74, 6) is 0.0543. The standard InChI is InChI=1S/C18H20N2O4/c1-4-24-16-7-5-13(6-8-16)12-20(2)17(21)14-9-15(11-19-10-14)18(22)23-3/h5-11H,4,12H2,1-3H3. The van der Waals surface area contributed by atoms with E-state index >= 15 is 0 Å². The molecule has 0 bridgehead atoms. The number of hydrogen-bond donors (Lipinski definition) is 0. The van der Waals surface area contributed by atoms with Crippen LogP contribution in [0, 0.1) is 0 Å². The van der Waals surface area contributed by atoms with Crippen molar-refractivity contribution in [2.24, 2.45) is 0 Å². The molecule has 0 aliphatic rings. The molecule has 2 rings (SSSR count). The molecular weight excluding hydrogens is 308 g/mol. The lowest BCUT2D eigenvalue weighted by molar-refractivity contribution is 0.0600. The van der Waals surface area contributed by atoms with Crippen LogP contribution in [-0.4, -0.2) is 42.5 Å². The Hall–Kier alpha value is -2.89. The van der Waals surface area contributed by atoms with Crippen molar-refractivity contribution < 1.29 is 19.1 Å². The van der Waals surface area contributed by atoms with Crippen molar-refractivity contribution in [2.45, 2.75) is 13.5 Å². The lowest BCUT2D eigenvalue weighted by Crippen LogP contribution is -2.26. The molecule has 0 aliphatic heterocycles. The molecule has 1 aromatic carbocycles. The van der Waals surface area contributed by atoms with Crippen LogP contribution in [0.2, 0.25) is 0 Å². The second-order valence-electron chi connectivity index (χ2n) is 5.19. The number of nitrogens with zero attached hydrogens (tertiary/aromatic N) is 2. The van der Waals surface area contributed by atoms with Crippen LogP contribution in [0.15, 0.2) is 42.7 Å². The Kier molecular flexibility index (Phi) is 5.89. The Labute approximate surface area is 141 Å². The molecule has 0 unspecified atom stereocenters. The van der Waals surface area contributed by atoms with Crippen LogP contribution in [0.1, 0.15) is 33.2 Å². The van der Waals surface area contributed by atoms with Gasteiger partial charge in [-0.15, -0.1) is 0 Å². The molecule has 6 heteroatoms. The first-order valence-corrected chi connectivity index (χ1v) is 7.55. The molecule has 6 nitrogen and oxygen atoms in total. The molecule has 24 heavy (non-hydrogen) atoms. The summed E-state index contributed by atoms with van der Waals surface area (Å²) in [6.45, 7) is 2.98. The fourth-order valence-electron chi connectivity index (χ4n) is 2.21. The molecular formula is C18H20N2O4. The topological polar surface area (TPSA) is 68.7 Å². The van der Waals surface area contributed by atoms with Gasteiger partial charge >= 0.3 is 5.97 Å². The van der Waals surface area contributed by atoms with Gasteiger partial charge in [0, 0.05) is 26.0 Å². The van der Waals surface area contributed by atoms with Gasteiger partial charge in [-0.2, -0.15) is 0 Å². The van der Waals surface area contributed by atoms with Gasteiger partial charge in [-0.1, -0.05) is 12.1 Å². The lowest BCUT2D eigenvalue weighted by Gasteiger charge is -2.17. The normalized spacial score (nSPS) is 10.1. The molecule has 0 radical (unpaired) electrons. The predicted molar refractivity (Wildman–Crippen MR) is 89.0 cm³/mol. The van der Waals surface area contributed by atoms with E-state index in [2.05, 4.69) is 9.72 Å². The van der Waals surface area contributed by atoms with E-state index in [1.165, 1.54) is 25.6 Å². The first-order chi connectivity index (χ1) is 11.5. The average molecular weight is 328 g/mol. The highest BCUT2D eigenvalue weighted by molar-refractivity contribution is 5.97. The lowest BCUT2D eigenvalue weighted by atomic mass is 10.1. The Morgan fingerprint density at radius 2 is 1.79 bits per heavy atom. The minimum absolute atomic E-state index is 0.220. The Balaban J connectivity index is 2.07. The van der Waals surface area contributed by atoms with E-state index in [0.29, 0.717) is 18.7 Å². The van der Waals surface area contributed by atoms with E-state index in [-0.39, 0.29) is 11.5 Å².